The fourth-order valence-electron chi connectivity index (χ4n) is 2.80. The highest BCUT2D eigenvalue weighted by atomic mass is 16.5. The van der Waals surface area contributed by atoms with Gasteiger partial charge in [0.15, 0.2) is 5.75 Å². The van der Waals surface area contributed by atoms with Crippen molar-refractivity contribution in [2.24, 2.45) is 0 Å². The lowest BCUT2D eigenvalue weighted by molar-refractivity contribution is 0.311. The van der Waals surface area contributed by atoms with Gasteiger partial charge in [-0.05, 0) is 17.7 Å². The van der Waals surface area contributed by atoms with E-state index in [0.717, 1.165) is 33.5 Å². The van der Waals surface area contributed by atoms with E-state index in [2.05, 4.69) is 41.4 Å². The van der Waals surface area contributed by atoms with Gasteiger partial charge in [0.1, 0.15) is 6.61 Å². The minimum atomic E-state index is 0.558. The second kappa shape index (κ2) is 6.01. The molecule has 23 heavy (non-hydrogen) atoms. The number of rotatable bonds is 4. The number of hydrogen-bond acceptors (Lipinski definition) is 1. The zero-order valence-corrected chi connectivity index (χ0v) is 12.7. The molecule has 0 aliphatic heterocycles. The number of hydrogen-bond donors (Lipinski definition) is 1. The van der Waals surface area contributed by atoms with Crippen LogP contribution in [0.4, 0.5) is 0 Å². The van der Waals surface area contributed by atoms with Crippen LogP contribution in [0.2, 0.25) is 0 Å². The third-order valence-electron chi connectivity index (χ3n) is 3.95. The maximum Gasteiger partial charge on any atom is 0.153 e. The molecule has 3 aromatic carbocycles. The van der Waals surface area contributed by atoms with Gasteiger partial charge in [-0.15, -0.1) is 0 Å². The quantitative estimate of drug-likeness (QED) is 0.535. The molecule has 0 atom stereocenters. The molecule has 0 bridgehead atoms. The minimum Gasteiger partial charge on any atom is -0.486 e. The average molecular weight is 299 g/mol. The minimum absolute atomic E-state index is 0.558. The fraction of sp³-hybridized carbons (Fsp3) is 0.0476. The van der Waals surface area contributed by atoms with Crippen molar-refractivity contribution in [2.75, 3.05) is 0 Å². The van der Waals surface area contributed by atoms with E-state index in [1.807, 2.05) is 48.5 Å². The standard InChI is InChI=1S/C21H17NO/c1-3-9-16(10-4-1)15-23-21-18-13-7-8-14-19(18)22-20(21)17-11-5-2-6-12-17/h1-14,22H,15H2. The van der Waals surface area contributed by atoms with E-state index in [4.69, 9.17) is 4.74 Å². The van der Waals surface area contributed by atoms with Crippen molar-refractivity contribution in [2.45, 2.75) is 6.61 Å². The summed E-state index contributed by atoms with van der Waals surface area (Å²) in [6.07, 6.45) is 0. The second-order valence-corrected chi connectivity index (χ2v) is 5.52. The lowest BCUT2D eigenvalue weighted by Gasteiger charge is -2.08. The van der Waals surface area contributed by atoms with Gasteiger partial charge in [0.05, 0.1) is 5.69 Å². The van der Waals surface area contributed by atoms with Crippen LogP contribution in [0, 0.1) is 0 Å². The molecule has 0 amide bonds. The topological polar surface area (TPSA) is 25.0 Å². The molecule has 0 spiro atoms. The van der Waals surface area contributed by atoms with E-state index in [1.165, 1.54) is 0 Å². The van der Waals surface area contributed by atoms with Crippen molar-refractivity contribution < 1.29 is 4.74 Å². The van der Waals surface area contributed by atoms with E-state index in [1.54, 1.807) is 0 Å². The molecular weight excluding hydrogens is 282 g/mol. The van der Waals surface area contributed by atoms with Gasteiger partial charge in [0, 0.05) is 16.5 Å². The predicted octanol–water partition coefficient (Wildman–Crippen LogP) is 5.41. The highest BCUT2D eigenvalue weighted by Gasteiger charge is 2.14. The van der Waals surface area contributed by atoms with Crippen LogP contribution >= 0.6 is 0 Å². The summed E-state index contributed by atoms with van der Waals surface area (Å²) in [7, 11) is 0. The molecule has 4 aromatic rings. The van der Waals surface area contributed by atoms with Crippen LogP contribution in [0.1, 0.15) is 5.56 Å². The Bertz CT molecular complexity index is 910. The summed E-state index contributed by atoms with van der Waals surface area (Å²) < 4.78 is 6.20. The van der Waals surface area contributed by atoms with Crippen molar-refractivity contribution in [3.8, 4) is 17.0 Å². The molecule has 1 N–H and O–H groups in total. The first-order chi connectivity index (χ1) is 11.4. The number of aromatic amines is 1. The second-order valence-electron chi connectivity index (χ2n) is 5.52. The number of nitrogens with one attached hydrogen (secondary N) is 1. The molecule has 0 unspecified atom stereocenters. The van der Waals surface area contributed by atoms with Gasteiger partial charge in [-0.25, -0.2) is 0 Å². The number of para-hydroxylation sites is 1. The third-order valence-corrected chi connectivity index (χ3v) is 3.95. The number of fused-ring (bicyclic) bond motifs is 1. The average Bonchev–Trinajstić information content (AvgIpc) is 3.00. The molecule has 1 aromatic heterocycles. The van der Waals surface area contributed by atoms with Crippen molar-refractivity contribution >= 4 is 10.9 Å². The Labute approximate surface area is 135 Å². The molecule has 0 saturated carbocycles. The maximum absolute atomic E-state index is 6.20. The van der Waals surface area contributed by atoms with Crippen molar-refractivity contribution in [3.05, 3.63) is 90.5 Å². The van der Waals surface area contributed by atoms with Gasteiger partial charge >= 0.3 is 0 Å². The first-order valence-electron chi connectivity index (χ1n) is 7.75. The summed E-state index contributed by atoms with van der Waals surface area (Å²) in [4.78, 5) is 3.49. The van der Waals surface area contributed by atoms with Crippen LogP contribution < -0.4 is 4.74 Å². The highest BCUT2D eigenvalue weighted by Crippen LogP contribution is 2.37. The number of aromatic nitrogens is 1. The van der Waals surface area contributed by atoms with Crippen LogP contribution in [0.3, 0.4) is 0 Å². The van der Waals surface area contributed by atoms with Gasteiger partial charge in [-0.3, -0.25) is 0 Å². The Morgan fingerprint density at radius 2 is 1.35 bits per heavy atom. The first-order valence-corrected chi connectivity index (χ1v) is 7.75. The number of benzene rings is 3. The Morgan fingerprint density at radius 1 is 0.696 bits per heavy atom. The molecule has 0 aliphatic rings. The molecular formula is C21H17NO. The molecule has 2 heteroatoms. The third kappa shape index (κ3) is 2.71. The van der Waals surface area contributed by atoms with Gasteiger partial charge in [-0.2, -0.15) is 0 Å². The Kier molecular flexibility index (Phi) is 3.57. The zero-order valence-electron chi connectivity index (χ0n) is 12.7. The van der Waals surface area contributed by atoms with Crippen LogP contribution in [0.15, 0.2) is 84.9 Å². The SMILES string of the molecule is c1ccc(COc2c(-c3ccccc3)[nH]c3ccccc23)cc1. The van der Waals surface area contributed by atoms with E-state index in [-0.39, 0.29) is 0 Å². The molecule has 0 aliphatic carbocycles. The molecule has 1 heterocycles. The number of H-pyrrole nitrogens is 1. The molecule has 2 nitrogen and oxygen atoms in total. The van der Waals surface area contributed by atoms with Gasteiger partial charge < -0.3 is 9.72 Å². The first kappa shape index (κ1) is 13.6. The smallest absolute Gasteiger partial charge is 0.153 e. The molecule has 0 fully saturated rings. The highest BCUT2D eigenvalue weighted by molar-refractivity contribution is 5.94. The van der Waals surface area contributed by atoms with Crippen molar-refractivity contribution in [3.63, 3.8) is 0 Å². The maximum atomic E-state index is 6.20. The van der Waals surface area contributed by atoms with Crippen LogP contribution in [-0.2, 0) is 6.61 Å². The van der Waals surface area contributed by atoms with Crippen molar-refractivity contribution in [1.82, 2.24) is 4.98 Å². The summed E-state index contributed by atoms with van der Waals surface area (Å²) in [5, 5.41) is 1.11. The van der Waals surface area contributed by atoms with Gasteiger partial charge in [0.25, 0.3) is 0 Å². The summed E-state index contributed by atoms with van der Waals surface area (Å²) in [6.45, 7) is 0.558. The zero-order chi connectivity index (χ0) is 15.5. The lowest BCUT2D eigenvalue weighted by Crippen LogP contribution is -1.95. The predicted molar refractivity (Wildman–Crippen MR) is 94.5 cm³/mol. The summed E-state index contributed by atoms with van der Waals surface area (Å²) in [5.74, 6) is 0.913. The van der Waals surface area contributed by atoms with Crippen LogP contribution in [0.25, 0.3) is 22.2 Å². The van der Waals surface area contributed by atoms with Crippen molar-refractivity contribution in [1.29, 1.82) is 0 Å². The number of ether oxygens (including phenoxy) is 1. The normalized spacial score (nSPS) is 10.8. The molecule has 112 valence electrons. The molecule has 0 radical (unpaired) electrons. The van der Waals surface area contributed by atoms with E-state index >= 15 is 0 Å². The van der Waals surface area contributed by atoms with Crippen LogP contribution in [-0.4, -0.2) is 4.98 Å². The van der Waals surface area contributed by atoms with Gasteiger partial charge in [0.2, 0.25) is 0 Å². The summed E-state index contributed by atoms with van der Waals surface area (Å²) in [5.41, 5.74) is 4.42. The van der Waals surface area contributed by atoms with E-state index in [9.17, 15) is 0 Å². The largest absolute Gasteiger partial charge is 0.486 e. The fourth-order valence-corrected chi connectivity index (χ4v) is 2.80. The Morgan fingerprint density at radius 3 is 2.13 bits per heavy atom. The summed E-state index contributed by atoms with van der Waals surface area (Å²) >= 11 is 0. The van der Waals surface area contributed by atoms with E-state index in [0.29, 0.717) is 6.61 Å². The Balaban J connectivity index is 1.77. The molecule has 0 saturated heterocycles. The summed E-state index contributed by atoms with van der Waals surface area (Å²) in [6, 6.07) is 28.8. The Hall–Kier alpha value is -3.00. The molecule has 4 rings (SSSR count). The van der Waals surface area contributed by atoms with Crippen LogP contribution in [0.5, 0.6) is 5.75 Å². The van der Waals surface area contributed by atoms with E-state index < -0.39 is 0 Å². The monoisotopic (exact) mass is 299 g/mol. The lowest BCUT2D eigenvalue weighted by atomic mass is 10.1. The van der Waals surface area contributed by atoms with Gasteiger partial charge in [-0.1, -0.05) is 72.8 Å².